The third-order valence-electron chi connectivity index (χ3n) is 3.82. The molecule has 128 valence electrons. The highest BCUT2D eigenvalue weighted by atomic mass is 32.2. The first-order valence-electron chi connectivity index (χ1n) is 7.69. The van der Waals surface area contributed by atoms with Crippen molar-refractivity contribution >= 4 is 16.0 Å². The molecule has 1 aromatic rings. The van der Waals surface area contributed by atoms with E-state index in [0.717, 1.165) is 35.8 Å². The number of benzene rings is 1. The van der Waals surface area contributed by atoms with Crippen molar-refractivity contribution in [3.63, 3.8) is 0 Å². The predicted octanol–water partition coefficient (Wildman–Crippen LogP) is 2.09. The highest BCUT2D eigenvalue weighted by Gasteiger charge is 2.37. The second kappa shape index (κ2) is 7.92. The maximum absolute atomic E-state index is 11.6. The lowest BCUT2D eigenvalue weighted by atomic mass is 10.2. The summed E-state index contributed by atoms with van der Waals surface area (Å²) in [4.78, 5) is 2.16. The summed E-state index contributed by atoms with van der Waals surface area (Å²) in [6.45, 7) is 5.92. The largest absolute Gasteiger partial charge is 0.362 e. The average Bonchev–Trinajstić information content (AvgIpc) is 2.85. The molecule has 23 heavy (non-hydrogen) atoms. The van der Waals surface area contributed by atoms with Crippen LogP contribution < -0.4 is 4.31 Å². The van der Waals surface area contributed by atoms with E-state index in [2.05, 4.69) is 11.5 Å². The number of hydrogen-bond donors (Lipinski definition) is 1. The summed E-state index contributed by atoms with van der Waals surface area (Å²) < 4.78 is 39.4. The third kappa shape index (κ3) is 4.78. The first-order valence-corrected chi connectivity index (χ1v) is 9.09. The van der Waals surface area contributed by atoms with Gasteiger partial charge in [-0.25, -0.2) is 4.31 Å². The number of hydrogen-bond acceptors (Lipinski definition) is 4. The van der Waals surface area contributed by atoms with Gasteiger partial charge in [0.2, 0.25) is 0 Å². The molecule has 0 aliphatic carbocycles. The van der Waals surface area contributed by atoms with Gasteiger partial charge in [0.15, 0.2) is 6.23 Å². The molecule has 1 heterocycles. The van der Waals surface area contributed by atoms with E-state index >= 15 is 0 Å². The van der Waals surface area contributed by atoms with Crippen molar-refractivity contribution in [2.24, 2.45) is 0 Å². The molecule has 2 rings (SSSR count). The molecular formula is C16H24N2O4S. The van der Waals surface area contributed by atoms with Crippen molar-refractivity contribution in [1.29, 1.82) is 0 Å². The summed E-state index contributed by atoms with van der Waals surface area (Å²) in [6.07, 6.45) is 3.42. The SMILES string of the molecule is C=CCN(C)CCCCOC1Cc2ccccc2N1S(=O)(=O)O. The molecule has 1 aromatic carbocycles. The Balaban J connectivity index is 1.87. The number of para-hydroxylation sites is 1. The maximum Gasteiger partial charge on any atom is 0.362 e. The van der Waals surface area contributed by atoms with Gasteiger partial charge in [-0.1, -0.05) is 24.3 Å². The van der Waals surface area contributed by atoms with E-state index in [4.69, 9.17) is 4.74 Å². The van der Waals surface area contributed by atoms with Gasteiger partial charge in [-0.2, -0.15) is 8.42 Å². The minimum Gasteiger partial charge on any atom is -0.357 e. The van der Waals surface area contributed by atoms with Crippen molar-refractivity contribution in [2.45, 2.75) is 25.5 Å². The summed E-state index contributed by atoms with van der Waals surface area (Å²) in [5.41, 5.74) is 1.35. The lowest BCUT2D eigenvalue weighted by molar-refractivity contribution is 0.0623. The molecule has 1 unspecified atom stereocenters. The number of likely N-dealkylation sites (N-methyl/N-ethyl adjacent to an activating group) is 1. The Kier molecular flexibility index (Phi) is 6.17. The number of unbranched alkanes of at least 4 members (excludes halogenated alkanes) is 1. The van der Waals surface area contributed by atoms with Gasteiger partial charge in [-0.15, -0.1) is 6.58 Å². The minimum absolute atomic E-state index is 0.451. The van der Waals surface area contributed by atoms with Crippen LogP contribution in [-0.4, -0.2) is 50.8 Å². The van der Waals surface area contributed by atoms with Crippen molar-refractivity contribution in [3.05, 3.63) is 42.5 Å². The zero-order valence-corrected chi connectivity index (χ0v) is 14.2. The van der Waals surface area contributed by atoms with Crippen molar-refractivity contribution in [1.82, 2.24) is 4.90 Å². The van der Waals surface area contributed by atoms with E-state index in [1.165, 1.54) is 0 Å². The summed E-state index contributed by atoms with van der Waals surface area (Å²) >= 11 is 0. The smallest absolute Gasteiger partial charge is 0.357 e. The van der Waals surface area contributed by atoms with Gasteiger partial charge in [-0.05, 0) is 38.1 Å². The number of rotatable bonds is 9. The number of anilines is 1. The maximum atomic E-state index is 11.6. The van der Waals surface area contributed by atoms with Crippen LogP contribution in [0.1, 0.15) is 18.4 Å². The number of nitrogens with zero attached hydrogens (tertiary/aromatic N) is 2. The van der Waals surface area contributed by atoms with Crippen molar-refractivity contribution < 1.29 is 17.7 Å². The van der Waals surface area contributed by atoms with Crippen LogP contribution in [0.4, 0.5) is 5.69 Å². The van der Waals surface area contributed by atoms with Gasteiger partial charge in [0.05, 0.1) is 5.69 Å². The molecule has 0 saturated heterocycles. The van der Waals surface area contributed by atoms with Gasteiger partial charge < -0.3 is 9.64 Å². The lowest BCUT2D eigenvalue weighted by Gasteiger charge is -2.24. The second-order valence-electron chi connectivity index (χ2n) is 5.69. The fourth-order valence-corrected chi connectivity index (χ4v) is 3.60. The molecule has 0 bridgehead atoms. The van der Waals surface area contributed by atoms with E-state index in [1.54, 1.807) is 12.1 Å². The minimum atomic E-state index is -4.34. The fraction of sp³-hybridized carbons (Fsp3) is 0.500. The predicted molar refractivity (Wildman–Crippen MR) is 90.8 cm³/mol. The zero-order chi connectivity index (χ0) is 16.9. The first-order chi connectivity index (χ1) is 10.9. The highest BCUT2D eigenvalue weighted by Crippen LogP contribution is 2.34. The van der Waals surface area contributed by atoms with Crippen molar-refractivity contribution in [3.8, 4) is 0 Å². The van der Waals surface area contributed by atoms with Crippen LogP contribution in [0, 0.1) is 0 Å². The average molecular weight is 340 g/mol. The summed E-state index contributed by atoms with van der Waals surface area (Å²) in [6, 6.07) is 7.12. The van der Waals surface area contributed by atoms with E-state index in [1.807, 2.05) is 25.3 Å². The molecule has 1 aliphatic rings. The molecule has 0 saturated carbocycles. The summed E-state index contributed by atoms with van der Waals surface area (Å²) in [5, 5.41) is 0. The quantitative estimate of drug-likeness (QED) is 0.423. The molecule has 0 fully saturated rings. The Hall–Kier alpha value is -1.41. The van der Waals surface area contributed by atoms with Crippen LogP contribution in [0.5, 0.6) is 0 Å². The highest BCUT2D eigenvalue weighted by molar-refractivity contribution is 7.87. The Labute approximate surface area is 138 Å². The molecule has 0 aromatic heterocycles. The molecule has 6 nitrogen and oxygen atoms in total. The Morgan fingerprint density at radius 1 is 1.43 bits per heavy atom. The van der Waals surface area contributed by atoms with Crippen LogP contribution >= 0.6 is 0 Å². The topological polar surface area (TPSA) is 70.1 Å². The fourth-order valence-electron chi connectivity index (χ4n) is 2.74. The standard InChI is InChI=1S/C16H24N2O4S/c1-3-10-17(2)11-6-7-12-22-16-13-14-8-4-5-9-15(14)18(16)23(19,20)21/h3-5,8-9,16H,1,6-7,10-13H2,2H3,(H,19,20,21). The van der Waals surface area contributed by atoms with Crippen LogP contribution in [0.2, 0.25) is 0 Å². The third-order valence-corrected chi connectivity index (χ3v) is 4.75. The van der Waals surface area contributed by atoms with Crippen LogP contribution in [0.25, 0.3) is 0 Å². The van der Waals surface area contributed by atoms with E-state index in [9.17, 15) is 13.0 Å². The van der Waals surface area contributed by atoms with E-state index < -0.39 is 16.5 Å². The van der Waals surface area contributed by atoms with Gasteiger partial charge in [0.25, 0.3) is 0 Å². The molecule has 0 amide bonds. The molecule has 0 radical (unpaired) electrons. The lowest BCUT2D eigenvalue weighted by Crippen LogP contribution is -2.39. The number of fused-ring (bicyclic) bond motifs is 1. The Morgan fingerprint density at radius 2 is 2.17 bits per heavy atom. The van der Waals surface area contributed by atoms with Gasteiger partial charge >= 0.3 is 10.3 Å². The zero-order valence-electron chi connectivity index (χ0n) is 13.4. The second-order valence-corrected chi connectivity index (χ2v) is 6.98. The Bertz CT molecular complexity index is 633. The molecular weight excluding hydrogens is 316 g/mol. The summed E-state index contributed by atoms with van der Waals surface area (Å²) in [7, 11) is -2.32. The number of ether oxygens (including phenoxy) is 1. The van der Waals surface area contributed by atoms with Crippen LogP contribution in [0.3, 0.4) is 0 Å². The van der Waals surface area contributed by atoms with E-state index in [-0.39, 0.29) is 0 Å². The van der Waals surface area contributed by atoms with Gasteiger partial charge in [0.1, 0.15) is 0 Å². The van der Waals surface area contributed by atoms with Crippen LogP contribution in [-0.2, 0) is 21.5 Å². The molecule has 7 heteroatoms. The first kappa shape index (κ1) is 17.9. The molecule has 1 aliphatic heterocycles. The van der Waals surface area contributed by atoms with Crippen LogP contribution in [0.15, 0.2) is 36.9 Å². The molecule has 0 spiro atoms. The van der Waals surface area contributed by atoms with Gasteiger partial charge in [0, 0.05) is 19.6 Å². The van der Waals surface area contributed by atoms with E-state index in [0.29, 0.717) is 18.7 Å². The monoisotopic (exact) mass is 340 g/mol. The van der Waals surface area contributed by atoms with Gasteiger partial charge in [-0.3, -0.25) is 4.55 Å². The summed E-state index contributed by atoms with van der Waals surface area (Å²) in [5.74, 6) is 0. The molecule has 1 N–H and O–H groups in total. The van der Waals surface area contributed by atoms with Crippen molar-refractivity contribution in [2.75, 3.05) is 31.0 Å². The Morgan fingerprint density at radius 3 is 2.87 bits per heavy atom. The molecule has 1 atom stereocenters. The normalized spacial score (nSPS) is 17.5.